The number of nitrogens with zero attached hydrogens (tertiary/aromatic N) is 2. The Bertz CT molecular complexity index is 1290. The van der Waals surface area contributed by atoms with Gasteiger partial charge in [-0.15, -0.1) is 0 Å². The minimum Gasteiger partial charge on any atom is -0.321 e. The van der Waals surface area contributed by atoms with Gasteiger partial charge in [0.05, 0.1) is 5.25 Å². The van der Waals surface area contributed by atoms with E-state index in [4.69, 9.17) is 0 Å². The van der Waals surface area contributed by atoms with Crippen LogP contribution in [0.15, 0.2) is 89.5 Å². The first-order valence-electron chi connectivity index (χ1n) is 12.2. The zero-order chi connectivity index (χ0) is 25.5. The summed E-state index contributed by atoms with van der Waals surface area (Å²) in [4.78, 5) is 28.3. The number of anilines is 2. The van der Waals surface area contributed by atoms with Crippen LogP contribution < -0.4 is 10.2 Å². The van der Waals surface area contributed by atoms with Crippen LogP contribution in [-0.2, 0) is 22.4 Å². The van der Waals surface area contributed by atoms with Crippen molar-refractivity contribution < 1.29 is 9.59 Å². The van der Waals surface area contributed by atoms with Crippen LogP contribution in [0.5, 0.6) is 0 Å². The molecule has 1 saturated heterocycles. The number of nitriles is 1. The van der Waals surface area contributed by atoms with Crippen LogP contribution in [0.25, 0.3) is 0 Å². The van der Waals surface area contributed by atoms with E-state index in [9.17, 15) is 14.9 Å². The van der Waals surface area contributed by atoms with Crippen LogP contribution in [-0.4, -0.2) is 17.1 Å². The van der Waals surface area contributed by atoms with E-state index in [1.807, 2.05) is 49.4 Å². The third-order valence-corrected chi connectivity index (χ3v) is 7.36. The van der Waals surface area contributed by atoms with E-state index in [0.29, 0.717) is 22.8 Å². The van der Waals surface area contributed by atoms with Crippen LogP contribution in [0.4, 0.5) is 11.4 Å². The molecular weight excluding hydrogens is 466 g/mol. The van der Waals surface area contributed by atoms with Crippen molar-refractivity contribution in [3.05, 3.63) is 106 Å². The second kappa shape index (κ2) is 11.7. The van der Waals surface area contributed by atoms with E-state index in [1.54, 1.807) is 12.1 Å². The average Bonchev–Trinajstić information content (AvgIpc) is 3.21. The number of carbonyl (C=O) groups is 2. The summed E-state index contributed by atoms with van der Waals surface area (Å²) in [6, 6.07) is 27.0. The topological polar surface area (TPSA) is 73.2 Å². The predicted molar refractivity (Wildman–Crippen MR) is 147 cm³/mol. The van der Waals surface area contributed by atoms with Gasteiger partial charge < -0.3 is 5.32 Å². The molecule has 3 aromatic carbocycles. The maximum absolute atomic E-state index is 13.6. The number of hydrogen-bond acceptors (Lipinski definition) is 4. The SMILES string of the molecule is CCCCc1ccc(C[C@H]2S/C(=C(\C#N)C(=O)Nc3ccc(C)cc3)N(c3ccccc3)C2=O)cc1. The summed E-state index contributed by atoms with van der Waals surface area (Å²) < 4.78 is 0. The summed E-state index contributed by atoms with van der Waals surface area (Å²) in [6.45, 7) is 4.14. The molecule has 1 aliphatic heterocycles. The Morgan fingerprint density at radius 1 is 1.00 bits per heavy atom. The fourth-order valence-corrected chi connectivity index (χ4v) is 5.37. The lowest BCUT2D eigenvalue weighted by Gasteiger charge is -2.18. The van der Waals surface area contributed by atoms with Crippen molar-refractivity contribution in [3.8, 4) is 6.07 Å². The molecule has 0 radical (unpaired) electrons. The Balaban J connectivity index is 1.63. The monoisotopic (exact) mass is 495 g/mol. The molecule has 5 nitrogen and oxygen atoms in total. The molecule has 0 aromatic heterocycles. The van der Waals surface area contributed by atoms with Crippen molar-refractivity contribution in [2.24, 2.45) is 0 Å². The molecule has 1 heterocycles. The smallest absolute Gasteiger partial charge is 0.269 e. The molecule has 3 aromatic rings. The number of nitrogens with one attached hydrogen (secondary N) is 1. The molecule has 2 amide bonds. The first-order valence-corrected chi connectivity index (χ1v) is 13.0. The number of para-hydroxylation sites is 1. The molecule has 36 heavy (non-hydrogen) atoms. The number of thioether (sulfide) groups is 1. The number of aryl methyl sites for hydroxylation is 2. The Labute approximate surface area is 216 Å². The predicted octanol–water partition coefficient (Wildman–Crippen LogP) is 6.40. The van der Waals surface area contributed by atoms with Gasteiger partial charge in [0.25, 0.3) is 5.91 Å². The Hall–Kier alpha value is -3.82. The molecule has 0 aliphatic carbocycles. The third kappa shape index (κ3) is 5.87. The quantitative estimate of drug-likeness (QED) is 0.290. The molecular formula is C30H29N3O2S. The summed E-state index contributed by atoms with van der Waals surface area (Å²) in [5.74, 6) is -0.661. The molecule has 0 spiro atoms. The minimum atomic E-state index is -0.529. The molecule has 1 atom stereocenters. The Morgan fingerprint density at radius 3 is 2.31 bits per heavy atom. The standard InChI is InChI=1S/C30H29N3O2S/c1-3-4-8-22-13-15-23(16-14-22)19-27-29(35)33(25-9-6-5-7-10-25)30(36-27)26(20-31)28(34)32-24-17-11-21(2)12-18-24/h5-7,9-18,27H,3-4,8,19H2,1-2H3,(H,32,34)/b30-26+/t27-/m1/s1. The van der Waals surface area contributed by atoms with E-state index >= 15 is 0 Å². The van der Waals surface area contributed by atoms with Crippen molar-refractivity contribution in [3.63, 3.8) is 0 Å². The van der Waals surface area contributed by atoms with Crippen molar-refractivity contribution in [1.29, 1.82) is 5.26 Å². The molecule has 1 fully saturated rings. The summed E-state index contributed by atoms with van der Waals surface area (Å²) in [6.07, 6.45) is 3.86. The molecule has 4 rings (SSSR count). The van der Waals surface area contributed by atoms with Crippen LogP contribution in [0, 0.1) is 18.3 Å². The molecule has 0 bridgehead atoms. The maximum atomic E-state index is 13.6. The number of hydrogen-bond donors (Lipinski definition) is 1. The van der Waals surface area contributed by atoms with Crippen molar-refractivity contribution in [2.75, 3.05) is 10.2 Å². The largest absolute Gasteiger partial charge is 0.321 e. The van der Waals surface area contributed by atoms with Gasteiger partial charge in [-0.25, -0.2) is 0 Å². The first-order chi connectivity index (χ1) is 17.5. The highest BCUT2D eigenvalue weighted by Crippen LogP contribution is 2.42. The molecule has 1 N–H and O–H groups in total. The third-order valence-electron chi connectivity index (χ3n) is 6.09. The molecule has 182 valence electrons. The molecule has 0 unspecified atom stereocenters. The van der Waals surface area contributed by atoms with Crippen molar-refractivity contribution >= 4 is 35.0 Å². The highest BCUT2D eigenvalue weighted by Gasteiger charge is 2.40. The minimum absolute atomic E-state index is 0.0739. The van der Waals surface area contributed by atoms with Gasteiger partial charge in [0, 0.05) is 11.4 Å². The lowest BCUT2D eigenvalue weighted by Crippen LogP contribution is -2.30. The Morgan fingerprint density at radius 2 is 1.67 bits per heavy atom. The summed E-state index contributed by atoms with van der Waals surface area (Å²) in [5, 5.41) is 12.7. The molecule has 1 aliphatic rings. The summed E-state index contributed by atoms with van der Waals surface area (Å²) in [5.41, 5.74) is 4.57. The van der Waals surface area contributed by atoms with Crippen LogP contribution in [0.3, 0.4) is 0 Å². The Kier molecular flexibility index (Phi) is 8.24. The number of benzene rings is 3. The number of rotatable bonds is 8. The van der Waals surface area contributed by atoms with E-state index in [1.165, 1.54) is 22.2 Å². The number of amides is 2. The normalized spacial score (nSPS) is 16.5. The highest BCUT2D eigenvalue weighted by atomic mass is 32.2. The van der Waals surface area contributed by atoms with Gasteiger partial charge in [-0.05, 0) is 61.6 Å². The fraction of sp³-hybridized carbons (Fsp3) is 0.233. The van der Waals surface area contributed by atoms with Crippen LogP contribution >= 0.6 is 11.8 Å². The van der Waals surface area contributed by atoms with Gasteiger partial charge in [-0.2, -0.15) is 5.26 Å². The highest BCUT2D eigenvalue weighted by molar-refractivity contribution is 8.05. The maximum Gasteiger partial charge on any atom is 0.269 e. The van der Waals surface area contributed by atoms with Gasteiger partial charge >= 0.3 is 0 Å². The molecule has 6 heteroatoms. The van der Waals surface area contributed by atoms with E-state index < -0.39 is 11.2 Å². The van der Waals surface area contributed by atoms with Crippen LogP contribution in [0.2, 0.25) is 0 Å². The lowest BCUT2D eigenvalue weighted by molar-refractivity contribution is -0.117. The zero-order valence-corrected chi connectivity index (χ0v) is 21.3. The molecule has 0 saturated carbocycles. The van der Waals surface area contributed by atoms with Gasteiger partial charge in [0.1, 0.15) is 16.7 Å². The van der Waals surface area contributed by atoms with E-state index in [-0.39, 0.29) is 11.5 Å². The zero-order valence-electron chi connectivity index (χ0n) is 20.5. The van der Waals surface area contributed by atoms with E-state index in [2.05, 4.69) is 42.6 Å². The average molecular weight is 496 g/mol. The van der Waals surface area contributed by atoms with Gasteiger partial charge in [-0.1, -0.05) is 85.3 Å². The number of carbonyl (C=O) groups excluding carboxylic acids is 2. The van der Waals surface area contributed by atoms with Crippen molar-refractivity contribution in [1.82, 2.24) is 0 Å². The number of unbranched alkanes of at least 4 members (excludes halogenated alkanes) is 1. The van der Waals surface area contributed by atoms with Crippen molar-refractivity contribution in [2.45, 2.75) is 44.8 Å². The second-order valence-electron chi connectivity index (χ2n) is 8.85. The fourth-order valence-electron chi connectivity index (χ4n) is 4.07. The lowest BCUT2D eigenvalue weighted by atomic mass is 10.0. The van der Waals surface area contributed by atoms with Gasteiger partial charge in [-0.3, -0.25) is 14.5 Å². The van der Waals surface area contributed by atoms with E-state index in [0.717, 1.165) is 30.4 Å². The van der Waals surface area contributed by atoms with Gasteiger partial charge in [0.2, 0.25) is 5.91 Å². The van der Waals surface area contributed by atoms with Gasteiger partial charge in [0.15, 0.2) is 0 Å². The summed E-state index contributed by atoms with van der Waals surface area (Å²) in [7, 11) is 0. The first kappa shape index (κ1) is 25.3. The summed E-state index contributed by atoms with van der Waals surface area (Å²) >= 11 is 1.28. The van der Waals surface area contributed by atoms with Crippen LogP contribution in [0.1, 0.15) is 36.5 Å². The second-order valence-corrected chi connectivity index (χ2v) is 10.0.